The number of aromatic nitrogens is 3. The fraction of sp³-hybridized carbons (Fsp3) is 0.444. The minimum atomic E-state index is -0.767. The molecule has 1 heterocycles. The Kier molecular flexibility index (Phi) is 5.50. The number of nitrogens with zero attached hydrogens (tertiary/aromatic N) is 2. The first-order chi connectivity index (χ1) is 12.6. The van der Waals surface area contributed by atoms with Crippen molar-refractivity contribution in [1.82, 2.24) is 20.5 Å². The van der Waals surface area contributed by atoms with E-state index in [0.717, 1.165) is 11.3 Å². The minimum Gasteiger partial charge on any atom is -0.497 e. The molecular weight excluding hydrogens is 336 g/mol. The molecule has 3 N–H and O–H groups in total. The maximum absolute atomic E-state index is 12.3. The molecule has 1 fully saturated rings. The lowest BCUT2D eigenvalue weighted by Gasteiger charge is -2.25. The molecule has 1 amide bonds. The lowest BCUT2D eigenvalue weighted by molar-refractivity contribution is -0.144. The van der Waals surface area contributed by atoms with Gasteiger partial charge in [0.15, 0.2) is 5.82 Å². The van der Waals surface area contributed by atoms with Crippen molar-refractivity contribution in [2.75, 3.05) is 7.11 Å². The molecule has 0 radical (unpaired) electrons. The number of rotatable bonds is 6. The second-order valence-corrected chi connectivity index (χ2v) is 6.44. The molecule has 138 valence electrons. The third-order valence-corrected chi connectivity index (χ3v) is 4.76. The standard InChI is InChI=1S/C18H22N4O4/c1-26-14-8-6-11(7-9-14)16-20-15(21-22-16)10-19-17(23)12-2-4-13(5-3-12)18(24)25/h6-9,12-13H,2-5,10H2,1H3,(H,19,23)(H,24,25)(H,20,21,22). The predicted octanol–water partition coefficient (Wildman–Crippen LogP) is 1.99. The van der Waals surface area contributed by atoms with E-state index in [9.17, 15) is 9.59 Å². The first-order valence-electron chi connectivity index (χ1n) is 8.63. The van der Waals surface area contributed by atoms with Crippen molar-refractivity contribution >= 4 is 11.9 Å². The van der Waals surface area contributed by atoms with Gasteiger partial charge in [-0.25, -0.2) is 4.98 Å². The van der Waals surface area contributed by atoms with Crippen LogP contribution in [0.5, 0.6) is 5.75 Å². The van der Waals surface area contributed by atoms with Crippen LogP contribution in [0.4, 0.5) is 0 Å². The third-order valence-electron chi connectivity index (χ3n) is 4.76. The molecule has 1 aromatic heterocycles. The van der Waals surface area contributed by atoms with E-state index >= 15 is 0 Å². The van der Waals surface area contributed by atoms with E-state index in [4.69, 9.17) is 9.84 Å². The van der Waals surface area contributed by atoms with Crippen LogP contribution in [-0.4, -0.2) is 39.3 Å². The topological polar surface area (TPSA) is 117 Å². The summed E-state index contributed by atoms with van der Waals surface area (Å²) in [5, 5.41) is 18.9. The van der Waals surface area contributed by atoms with Crippen LogP contribution in [0.15, 0.2) is 24.3 Å². The molecule has 1 saturated carbocycles. The van der Waals surface area contributed by atoms with Crippen LogP contribution in [0.1, 0.15) is 31.5 Å². The number of hydrogen-bond donors (Lipinski definition) is 3. The van der Waals surface area contributed by atoms with E-state index in [2.05, 4.69) is 20.5 Å². The summed E-state index contributed by atoms with van der Waals surface area (Å²) in [7, 11) is 1.61. The van der Waals surface area contributed by atoms with Gasteiger partial charge in [0.05, 0.1) is 19.6 Å². The van der Waals surface area contributed by atoms with E-state index < -0.39 is 5.97 Å². The first-order valence-corrected chi connectivity index (χ1v) is 8.63. The summed E-state index contributed by atoms with van der Waals surface area (Å²) in [6.07, 6.45) is 2.32. The molecule has 2 aromatic rings. The Balaban J connectivity index is 1.51. The Morgan fingerprint density at radius 2 is 1.85 bits per heavy atom. The lowest BCUT2D eigenvalue weighted by Crippen LogP contribution is -2.34. The summed E-state index contributed by atoms with van der Waals surface area (Å²) in [5.41, 5.74) is 0.853. The Bertz CT molecular complexity index is 764. The van der Waals surface area contributed by atoms with Crippen molar-refractivity contribution in [2.24, 2.45) is 11.8 Å². The fourth-order valence-electron chi connectivity index (χ4n) is 3.16. The average Bonchev–Trinajstić information content (AvgIpc) is 3.15. The number of methoxy groups -OCH3 is 1. The number of nitrogens with one attached hydrogen (secondary N) is 2. The zero-order valence-corrected chi connectivity index (χ0v) is 14.6. The summed E-state index contributed by atoms with van der Waals surface area (Å²) in [6.45, 7) is 0.265. The monoisotopic (exact) mass is 358 g/mol. The summed E-state index contributed by atoms with van der Waals surface area (Å²) < 4.78 is 5.12. The zero-order chi connectivity index (χ0) is 18.5. The Labute approximate surface area is 151 Å². The Morgan fingerprint density at radius 1 is 1.19 bits per heavy atom. The molecule has 1 aromatic carbocycles. The van der Waals surface area contributed by atoms with Crippen molar-refractivity contribution in [3.63, 3.8) is 0 Å². The van der Waals surface area contributed by atoms with Gasteiger partial charge < -0.3 is 15.2 Å². The van der Waals surface area contributed by atoms with Crippen LogP contribution in [0.25, 0.3) is 11.4 Å². The third kappa shape index (κ3) is 4.19. The molecule has 26 heavy (non-hydrogen) atoms. The number of aliphatic carboxylic acids is 1. The van der Waals surface area contributed by atoms with Gasteiger partial charge in [-0.1, -0.05) is 0 Å². The van der Waals surface area contributed by atoms with E-state index in [1.807, 2.05) is 24.3 Å². The van der Waals surface area contributed by atoms with E-state index in [1.54, 1.807) is 7.11 Å². The number of H-pyrrole nitrogens is 1. The first kappa shape index (κ1) is 17.9. The van der Waals surface area contributed by atoms with Crippen LogP contribution in [0.2, 0.25) is 0 Å². The van der Waals surface area contributed by atoms with Crippen LogP contribution in [0.3, 0.4) is 0 Å². The summed E-state index contributed by atoms with van der Waals surface area (Å²) in [5.74, 6) is 0.611. The highest BCUT2D eigenvalue weighted by molar-refractivity contribution is 5.79. The number of amides is 1. The number of benzene rings is 1. The largest absolute Gasteiger partial charge is 0.497 e. The van der Waals surface area contributed by atoms with Gasteiger partial charge in [-0.3, -0.25) is 14.7 Å². The highest BCUT2D eigenvalue weighted by Crippen LogP contribution is 2.29. The number of hydrogen-bond acceptors (Lipinski definition) is 5. The molecule has 8 heteroatoms. The number of carbonyl (C=O) groups excluding carboxylic acids is 1. The number of carboxylic acids is 1. The molecule has 0 bridgehead atoms. The summed E-state index contributed by atoms with van der Waals surface area (Å²) in [6, 6.07) is 7.40. The van der Waals surface area contributed by atoms with Gasteiger partial charge in [0.1, 0.15) is 11.6 Å². The Hall–Kier alpha value is -2.90. The van der Waals surface area contributed by atoms with Crippen molar-refractivity contribution in [3.8, 4) is 17.1 Å². The molecule has 8 nitrogen and oxygen atoms in total. The summed E-state index contributed by atoms with van der Waals surface area (Å²) in [4.78, 5) is 27.6. The maximum Gasteiger partial charge on any atom is 0.306 e. The average molecular weight is 358 g/mol. The van der Waals surface area contributed by atoms with Crippen LogP contribution in [-0.2, 0) is 16.1 Å². The molecule has 0 saturated heterocycles. The molecular formula is C18H22N4O4. The highest BCUT2D eigenvalue weighted by Gasteiger charge is 2.29. The van der Waals surface area contributed by atoms with Crippen LogP contribution < -0.4 is 10.1 Å². The molecule has 0 atom stereocenters. The normalized spacial score (nSPS) is 19.7. The molecule has 3 rings (SSSR count). The minimum absolute atomic E-state index is 0.0590. The van der Waals surface area contributed by atoms with Crippen LogP contribution in [0, 0.1) is 11.8 Å². The molecule has 0 spiro atoms. The van der Waals surface area contributed by atoms with Gasteiger partial charge in [0.2, 0.25) is 5.91 Å². The van der Waals surface area contributed by atoms with Gasteiger partial charge in [0, 0.05) is 11.5 Å². The van der Waals surface area contributed by atoms with Crippen LogP contribution >= 0.6 is 0 Å². The number of aromatic amines is 1. The molecule has 1 aliphatic carbocycles. The van der Waals surface area contributed by atoms with Crippen molar-refractivity contribution in [3.05, 3.63) is 30.1 Å². The van der Waals surface area contributed by atoms with Gasteiger partial charge in [-0.15, -0.1) is 0 Å². The van der Waals surface area contributed by atoms with E-state index in [0.29, 0.717) is 37.3 Å². The van der Waals surface area contributed by atoms with Gasteiger partial charge in [-0.05, 0) is 49.9 Å². The van der Waals surface area contributed by atoms with Gasteiger partial charge >= 0.3 is 5.97 Å². The molecule has 0 aliphatic heterocycles. The maximum atomic E-state index is 12.3. The second kappa shape index (κ2) is 7.99. The number of carboxylic acid groups (broad SMARTS) is 1. The quantitative estimate of drug-likeness (QED) is 0.727. The number of carbonyl (C=O) groups is 2. The SMILES string of the molecule is COc1ccc(-c2n[nH]c(CNC(=O)C3CCC(C(=O)O)CC3)n2)cc1. The van der Waals surface area contributed by atoms with Gasteiger partial charge in [0.25, 0.3) is 0 Å². The van der Waals surface area contributed by atoms with E-state index in [1.165, 1.54) is 0 Å². The van der Waals surface area contributed by atoms with Gasteiger partial charge in [-0.2, -0.15) is 5.10 Å². The lowest BCUT2D eigenvalue weighted by atomic mass is 9.81. The number of ether oxygens (including phenoxy) is 1. The zero-order valence-electron chi connectivity index (χ0n) is 14.6. The second-order valence-electron chi connectivity index (χ2n) is 6.44. The smallest absolute Gasteiger partial charge is 0.306 e. The van der Waals surface area contributed by atoms with Crippen molar-refractivity contribution < 1.29 is 19.4 Å². The van der Waals surface area contributed by atoms with E-state index in [-0.39, 0.29) is 24.3 Å². The molecule has 0 unspecified atom stereocenters. The van der Waals surface area contributed by atoms with Crippen molar-refractivity contribution in [2.45, 2.75) is 32.2 Å². The Morgan fingerprint density at radius 3 is 2.46 bits per heavy atom. The highest BCUT2D eigenvalue weighted by atomic mass is 16.5. The molecule has 1 aliphatic rings. The predicted molar refractivity (Wildman–Crippen MR) is 93.3 cm³/mol. The summed E-state index contributed by atoms with van der Waals surface area (Å²) >= 11 is 0. The fourth-order valence-corrected chi connectivity index (χ4v) is 3.16. The van der Waals surface area contributed by atoms with Crippen molar-refractivity contribution in [1.29, 1.82) is 0 Å².